The second kappa shape index (κ2) is 6.32. The van der Waals surface area contributed by atoms with Crippen LogP contribution in [0.15, 0.2) is 34.9 Å². The van der Waals surface area contributed by atoms with Gasteiger partial charge < -0.3 is 9.63 Å². The van der Waals surface area contributed by atoms with E-state index in [1.54, 1.807) is 12.1 Å². The fourth-order valence-electron chi connectivity index (χ4n) is 3.17. The predicted molar refractivity (Wildman–Crippen MR) is 81.9 cm³/mol. The molecule has 0 amide bonds. The number of hydrogen-bond acceptors (Lipinski definition) is 4. The fraction of sp³-hybridized carbons (Fsp3) is 0.412. The summed E-state index contributed by atoms with van der Waals surface area (Å²) >= 11 is 0. The highest BCUT2D eigenvalue weighted by molar-refractivity contribution is 5.89. The number of aromatic nitrogens is 1. The summed E-state index contributed by atoms with van der Waals surface area (Å²) in [6.07, 6.45) is 2.92. The highest BCUT2D eigenvalue weighted by atomic mass is 16.5. The molecule has 1 N–H and O–H groups in total. The van der Waals surface area contributed by atoms with E-state index in [4.69, 9.17) is 4.52 Å². The van der Waals surface area contributed by atoms with Gasteiger partial charge in [0.1, 0.15) is 0 Å². The number of benzene rings is 1. The lowest BCUT2D eigenvalue weighted by Crippen LogP contribution is -2.26. The standard InChI is InChI=1S/C17H20N2O3/c1-12-11-16(22-18-12)15-7-4-9-19(15)10-8-13-5-2-3-6-14(13)17(20)21/h2-3,5-6,11,15H,4,7-10H2,1H3,(H,20,21). The van der Waals surface area contributed by atoms with Gasteiger partial charge in [-0.1, -0.05) is 23.4 Å². The number of likely N-dealkylation sites (tertiary alicyclic amines) is 1. The summed E-state index contributed by atoms with van der Waals surface area (Å²) in [5, 5.41) is 13.2. The van der Waals surface area contributed by atoms with E-state index in [0.29, 0.717) is 5.56 Å². The van der Waals surface area contributed by atoms with Crippen molar-refractivity contribution in [2.24, 2.45) is 0 Å². The molecule has 0 radical (unpaired) electrons. The van der Waals surface area contributed by atoms with Gasteiger partial charge in [-0.05, 0) is 44.4 Å². The first-order valence-corrected chi connectivity index (χ1v) is 7.63. The average molecular weight is 300 g/mol. The lowest BCUT2D eigenvalue weighted by molar-refractivity contribution is 0.0695. The van der Waals surface area contributed by atoms with Crippen molar-refractivity contribution in [3.05, 3.63) is 52.9 Å². The third-order valence-electron chi connectivity index (χ3n) is 4.25. The Bertz CT molecular complexity index is 665. The summed E-state index contributed by atoms with van der Waals surface area (Å²) in [5.41, 5.74) is 2.18. The Hall–Kier alpha value is -2.14. The van der Waals surface area contributed by atoms with Crippen molar-refractivity contribution in [2.75, 3.05) is 13.1 Å². The molecule has 2 aromatic rings. The Balaban J connectivity index is 1.69. The molecule has 1 unspecified atom stereocenters. The van der Waals surface area contributed by atoms with Gasteiger partial charge in [-0.15, -0.1) is 0 Å². The number of nitrogens with zero attached hydrogens (tertiary/aromatic N) is 2. The summed E-state index contributed by atoms with van der Waals surface area (Å²) in [7, 11) is 0. The lowest BCUT2D eigenvalue weighted by Gasteiger charge is -2.22. The van der Waals surface area contributed by atoms with Gasteiger partial charge in [0, 0.05) is 12.6 Å². The first-order valence-electron chi connectivity index (χ1n) is 7.63. The van der Waals surface area contributed by atoms with Crippen molar-refractivity contribution in [1.82, 2.24) is 10.1 Å². The number of aromatic carboxylic acids is 1. The Labute approximate surface area is 129 Å². The molecule has 1 saturated heterocycles. The molecule has 0 spiro atoms. The molecule has 3 rings (SSSR count). The van der Waals surface area contributed by atoms with Crippen LogP contribution in [0.1, 0.15) is 46.3 Å². The smallest absolute Gasteiger partial charge is 0.335 e. The van der Waals surface area contributed by atoms with Crippen LogP contribution in [-0.4, -0.2) is 34.2 Å². The normalized spacial score (nSPS) is 18.7. The van der Waals surface area contributed by atoms with Gasteiger partial charge in [0.25, 0.3) is 0 Å². The number of aryl methyl sites for hydroxylation is 1. The summed E-state index contributed by atoms with van der Waals surface area (Å²) in [4.78, 5) is 13.6. The molecule has 5 nitrogen and oxygen atoms in total. The predicted octanol–water partition coefficient (Wildman–Crippen LogP) is 3.06. The van der Waals surface area contributed by atoms with Gasteiger partial charge in [-0.25, -0.2) is 4.79 Å². The zero-order chi connectivity index (χ0) is 15.5. The molecular formula is C17H20N2O3. The number of hydrogen-bond donors (Lipinski definition) is 1. The molecule has 0 bridgehead atoms. The van der Waals surface area contributed by atoms with Crippen LogP contribution in [0.25, 0.3) is 0 Å². The monoisotopic (exact) mass is 300 g/mol. The molecule has 0 aliphatic carbocycles. The lowest BCUT2D eigenvalue weighted by atomic mass is 10.0. The minimum Gasteiger partial charge on any atom is -0.478 e. The second-order valence-corrected chi connectivity index (χ2v) is 5.78. The van der Waals surface area contributed by atoms with Crippen molar-refractivity contribution in [1.29, 1.82) is 0 Å². The summed E-state index contributed by atoms with van der Waals surface area (Å²) < 4.78 is 5.41. The quantitative estimate of drug-likeness (QED) is 0.919. The Morgan fingerprint density at radius 2 is 2.27 bits per heavy atom. The van der Waals surface area contributed by atoms with Crippen LogP contribution in [0.3, 0.4) is 0 Å². The first kappa shape index (κ1) is 14.8. The molecule has 1 aliphatic rings. The Morgan fingerprint density at radius 1 is 1.45 bits per heavy atom. The summed E-state index contributed by atoms with van der Waals surface area (Å²) in [5.74, 6) is 0.0564. The van der Waals surface area contributed by atoms with Crippen molar-refractivity contribution >= 4 is 5.97 Å². The topological polar surface area (TPSA) is 66.6 Å². The van der Waals surface area contributed by atoms with Crippen LogP contribution in [0.4, 0.5) is 0 Å². The van der Waals surface area contributed by atoms with E-state index >= 15 is 0 Å². The third-order valence-corrected chi connectivity index (χ3v) is 4.25. The summed E-state index contributed by atoms with van der Waals surface area (Å²) in [6, 6.07) is 9.48. The molecule has 5 heteroatoms. The summed E-state index contributed by atoms with van der Waals surface area (Å²) in [6.45, 7) is 3.77. The molecule has 1 atom stereocenters. The fourth-order valence-corrected chi connectivity index (χ4v) is 3.17. The maximum absolute atomic E-state index is 11.3. The van der Waals surface area contributed by atoms with Gasteiger partial charge in [0.2, 0.25) is 0 Å². The van der Waals surface area contributed by atoms with Gasteiger partial charge >= 0.3 is 5.97 Å². The molecule has 1 aromatic carbocycles. The minimum atomic E-state index is -0.862. The molecule has 1 aliphatic heterocycles. The van der Waals surface area contributed by atoms with Gasteiger partial charge in [-0.3, -0.25) is 4.90 Å². The number of rotatable bonds is 5. The highest BCUT2D eigenvalue weighted by Gasteiger charge is 2.28. The molecular weight excluding hydrogens is 280 g/mol. The molecule has 0 saturated carbocycles. The molecule has 22 heavy (non-hydrogen) atoms. The van der Waals surface area contributed by atoms with Crippen LogP contribution in [-0.2, 0) is 6.42 Å². The number of carboxylic acids is 1. The highest BCUT2D eigenvalue weighted by Crippen LogP contribution is 2.32. The average Bonchev–Trinajstić information content (AvgIpc) is 3.13. The van der Waals surface area contributed by atoms with Crippen LogP contribution >= 0.6 is 0 Å². The van der Waals surface area contributed by atoms with Crippen molar-refractivity contribution in [3.63, 3.8) is 0 Å². The number of carbonyl (C=O) groups is 1. The van der Waals surface area contributed by atoms with E-state index in [-0.39, 0.29) is 6.04 Å². The van der Waals surface area contributed by atoms with E-state index in [0.717, 1.165) is 49.4 Å². The molecule has 116 valence electrons. The zero-order valence-corrected chi connectivity index (χ0v) is 12.7. The SMILES string of the molecule is Cc1cc(C2CCCN2CCc2ccccc2C(=O)O)on1. The van der Waals surface area contributed by atoms with E-state index < -0.39 is 5.97 Å². The second-order valence-electron chi connectivity index (χ2n) is 5.78. The largest absolute Gasteiger partial charge is 0.478 e. The first-order chi connectivity index (χ1) is 10.6. The van der Waals surface area contributed by atoms with Gasteiger partial charge in [-0.2, -0.15) is 0 Å². The van der Waals surface area contributed by atoms with Crippen LogP contribution in [0, 0.1) is 6.92 Å². The zero-order valence-electron chi connectivity index (χ0n) is 12.7. The van der Waals surface area contributed by atoms with Gasteiger partial charge in [0.15, 0.2) is 5.76 Å². The Kier molecular flexibility index (Phi) is 4.24. The maximum Gasteiger partial charge on any atom is 0.335 e. The van der Waals surface area contributed by atoms with E-state index in [1.807, 2.05) is 25.1 Å². The van der Waals surface area contributed by atoms with E-state index in [2.05, 4.69) is 10.1 Å². The molecule has 2 heterocycles. The molecule has 1 aromatic heterocycles. The van der Waals surface area contributed by atoms with Crippen molar-refractivity contribution in [3.8, 4) is 0 Å². The van der Waals surface area contributed by atoms with Crippen LogP contribution in [0.5, 0.6) is 0 Å². The number of carboxylic acid groups (broad SMARTS) is 1. The third kappa shape index (κ3) is 3.04. The Morgan fingerprint density at radius 3 is 3.00 bits per heavy atom. The minimum absolute atomic E-state index is 0.262. The van der Waals surface area contributed by atoms with Crippen molar-refractivity contribution in [2.45, 2.75) is 32.2 Å². The van der Waals surface area contributed by atoms with Crippen LogP contribution in [0.2, 0.25) is 0 Å². The maximum atomic E-state index is 11.3. The van der Waals surface area contributed by atoms with E-state index in [9.17, 15) is 9.90 Å². The van der Waals surface area contributed by atoms with Crippen LogP contribution < -0.4 is 0 Å². The van der Waals surface area contributed by atoms with E-state index in [1.165, 1.54) is 0 Å². The molecule has 1 fully saturated rings. The van der Waals surface area contributed by atoms with Crippen molar-refractivity contribution < 1.29 is 14.4 Å². The van der Waals surface area contributed by atoms with Gasteiger partial charge in [0.05, 0.1) is 17.3 Å².